The number of hydrogen-bond acceptors (Lipinski definition) is 8. The third-order valence-electron chi connectivity index (χ3n) is 5.54. The first kappa shape index (κ1) is 22.1. The molecule has 1 aromatic heterocycles. The van der Waals surface area contributed by atoms with Gasteiger partial charge in [-0.15, -0.1) is 0 Å². The summed E-state index contributed by atoms with van der Waals surface area (Å²) in [6, 6.07) is 18.3. The highest BCUT2D eigenvalue weighted by Crippen LogP contribution is 2.35. The van der Waals surface area contributed by atoms with Crippen molar-refractivity contribution in [2.24, 2.45) is 0 Å². The zero-order chi connectivity index (χ0) is 24.7. The number of nitriles is 1. The van der Waals surface area contributed by atoms with Crippen molar-refractivity contribution in [3.8, 4) is 6.07 Å². The number of aromatic amines is 1. The summed E-state index contributed by atoms with van der Waals surface area (Å²) in [6.07, 6.45) is 0. The maximum Gasteiger partial charge on any atom is 0.338 e. The lowest BCUT2D eigenvalue weighted by Crippen LogP contribution is -2.21. The molecule has 0 unspecified atom stereocenters. The van der Waals surface area contributed by atoms with Crippen molar-refractivity contribution in [3.63, 3.8) is 0 Å². The number of nitrogens with one attached hydrogen (secondary N) is 1. The summed E-state index contributed by atoms with van der Waals surface area (Å²) in [6.45, 7) is -0.648. The molecule has 4 aromatic rings. The van der Waals surface area contributed by atoms with Crippen LogP contribution in [0.3, 0.4) is 0 Å². The Labute approximate surface area is 198 Å². The summed E-state index contributed by atoms with van der Waals surface area (Å²) in [5.41, 5.74) is 0.941. The summed E-state index contributed by atoms with van der Waals surface area (Å²) in [4.78, 5) is 32.1. The number of carbonyl (C=O) groups is 2. The van der Waals surface area contributed by atoms with E-state index in [2.05, 4.69) is 9.97 Å². The minimum absolute atomic E-state index is 0.0420. The van der Waals surface area contributed by atoms with Gasteiger partial charge in [-0.1, -0.05) is 24.3 Å². The van der Waals surface area contributed by atoms with E-state index in [1.54, 1.807) is 30.3 Å². The fourth-order valence-electron chi connectivity index (χ4n) is 3.83. The zero-order valence-corrected chi connectivity index (χ0v) is 18.7. The predicted octanol–water partition coefficient (Wildman–Crippen LogP) is 3.59. The highest BCUT2D eigenvalue weighted by Gasteiger charge is 2.35. The predicted molar refractivity (Wildman–Crippen MR) is 123 cm³/mol. The number of hydrogen-bond donors (Lipinski definition) is 2. The largest absolute Gasteiger partial charge is 0.507 e. The Morgan fingerprint density at radius 2 is 1.74 bits per heavy atom. The van der Waals surface area contributed by atoms with Crippen molar-refractivity contribution >= 4 is 38.2 Å². The molecule has 5 rings (SSSR count). The van der Waals surface area contributed by atoms with Crippen LogP contribution in [-0.4, -0.2) is 41.9 Å². The van der Waals surface area contributed by atoms with E-state index < -0.39 is 34.0 Å². The summed E-state index contributed by atoms with van der Waals surface area (Å²) in [5, 5.41) is 19.9. The van der Waals surface area contributed by atoms with E-state index >= 15 is 0 Å². The summed E-state index contributed by atoms with van der Waals surface area (Å²) in [7, 11) is -4.03. The minimum Gasteiger partial charge on any atom is -0.507 e. The number of fused-ring (bicyclic) bond motifs is 3. The Morgan fingerprint density at radius 3 is 2.51 bits per heavy atom. The third kappa shape index (κ3) is 3.64. The van der Waals surface area contributed by atoms with E-state index in [-0.39, 0.29) is 37.9 Å². The van der Waals surface area contributed by atoms with Gasteiger partial charge in [0.25, 0.3) is 0 Å². The number of aliphatic hydroxyl groups excluding tert-OH is 1. The topological polar surface area (TPSA) is 150 Å². The molecule has 9 nitrogen and oxygen atoms in total. The molecule has 0 saturated carbocycles. The van der Waals surface area contributed by atoms with Crippen LogP contribution in [0.4, 0.5) is 0 Å². The number of para-hydroxylation sites is 2. The Bertz CT molecular complexity index is 1690. The van der Waals surface area contributed by atoms with E-state index in [0.717, 1.165) is 6.07 Å². The van der Waals surface area contributed by atoms with E-state index in [0.29, 0.717) is 11.0 Å². The second kappa shape index (κ2) is 8.23. The number of imidazole rings is 1. The fraction of sp³-hybridized carbons (Fsp3) is 0.0400. The molecule has 0 atom stereocenters. The first-order valence-electron chi connectivity index (χ1n) is 10.3. The third-order valence-corrected chi connectivity index (χ3v) is 7.39. The number of ketones is 1. The van der Waals surface area contributed by atoms with Crippen LogP contribution in [0, 0.1) is 11.3 Å². The average molecular weight is 485 g/mol. The number of nitrogens with zero attached hydrogens (tertiary/aromatic N) is 2. The molecule has 0 amide bonds. The molecular formula is C25H15N3O6S. The molecule has 0 fully saturated rings. The summed E-state index contributed by atoms with van der Waals surface area (Å²) >= 11 is 0. The number of benzene rings is 3. The van der Waals surface area contributed by atoms with Crippen LogP contribution in [0.1, 0.15) is 32.1 Å². The lowest BCUT2D eigenvalue weighted by molar-refractivity contribution is 0.0502. The second-order valence-electron chi connectivity index (χ2n) is 7.65. The van der Waals surface area contributed by atoms with Crippen LogP contribution in [0.5, 0.6) is 0 Å². The average Bonchev–Trinajstić information content (AvgIpc) is 3.30. The number of H-pyrrole nitrogens is 1. The van der Waals surface area contributed by atoms with Crippen molar-refractivity contribution in [2.45, 2.75) is 9.79 Å². The number of carbonyl (C=O) groups excluding carboxylic acids is 2. The first-order valence-corrected chi connectivity index (χ1v) is 11.8. The highest BCUT2D eigenvalue weighted by molar-refractivity contribution is 7.91. The fourth-order valence-corrected chi connectivity index (χ4v) is 5.50. The van der Waals surface area contributed by atoms with Gasteiger partial charge in [0.05, 0.1) is 26.4 Å². The van der Waals surface area contributed by atoms with Crippen LogP contribution >= 0.6 is 0 Å². The number of aliphatic hydroxyl groups is 1. The van der Waals surface area contributed by atoms with Crippen LogP contribution in [0.2, 0.25) is 0 Å². The van der Waals surface area contributed by atoms with E-state index in [1.807, 2.05) is 6.07 Å². The van der Waals surface area contributed by atoms with Crippen LogP contribution in [0.15, 0.2) is 82.3 Å². The SMILES string of the molecule is N#C/C(=C(/O)COC(=O)c1ccc2c(c1)S(=O)(=O)c1ccccc1C2=O)c1nc2ccccc2[nH]1. The quantitative estimate of drug-likeness (QED) is 0.223. The lowest BCUT2D eigenvalue weighted by atomic mass is 10.0. The monoisotopic (exact) mass is 485 g/mol. The van der Waals surface area contributed by atoms with Gasteiger partial charge in [-0.3, -0.25) is 4.79 Å². The van der Waals surface area contributed by atoms with Gasteiger partial charge < -0.3 is 14.8 Å². The summed E-state index contributed by atoms with van der Waals surface area (Å²) < 4.78 is 31.2. The second-order valence-corrected chi connectivity index (χ2v) is 9.54. The standard InChI is InChI=1S/C25H15N3O6S/c26-12-17(24-27-18-6-2-3-7-19(18)28-24)20(29)13-34-25(31)14-9-10-16-22(11-14)35(32,33)21-8-4-1-5-15(21)23(16)30/h1-11,29H,13H2,(H,27,28)/b20-17-. The number of sulfone groups is 1. The van der Waals surface area contributed by atoms with Crippen LogP contribution < -0.4 is 0 Å². The lowest BCUT2D eigenvalue weighted by Gasteiger charge is -2.19. The Hall–Kier alpha value is -4.75. The highest BCUT2D eigenvalue weighted by atomic mass is 32.2. The van der Waals surface area contributed by atoms with E-state index in [1.165, 1.54) is 30.3 Å². The molecule has 1 aliphatic rings. The first-order chi connectivity index (χ1) is 16.8. The van der Waals surface area contributed by atoms with Gasteiger partial charge in [0.1, 0.15) is 18.2 Å². The van der Waals surface area contributed by atoms with Crippen molar-refractivity contribution in [1.82, 2.24) is 9.97 Å². The Balaban J connectivity index is 1.41. The Kier molecular flexibility index (Phi) is 5.19. The van der Waals surface area contributed by atoms with Crippen LogP contribution in [0.25, 0.3) is 16.6 Å². The van der Waals surface area contributed by atoms with E-state index in [9.17, 15) is 28.4 Å². The maximum absolute atomic E-state index is 13.0. The molecule has 2 heterocycles. The molecule has 0 aliphatic carbocycles. The molecular weight excluding hydrogens is 470 g/mol. The number of aromatic nitrogens is 2. The van der Waals surface area contributed by atoms with Crippen molar-refractivity contribution in [2.75, 3.05) is 6.61 Å². The molecule has 172 valence electrons. The smallest absolute Gasteiger partial charge is 0.338 e. The Morgan fingerprint density at radius 1 is 1.03 bits per heavy atom. The number of ether oxygens (including phenoxy) is 1. The van der Waals surface area contributed by atoms with Crippen LogP contribution in [-0.2, 0) is 14.6 Å². The maximum atomic E-state index is 13.0. The van der Waals surface area contributed by atoms with Gasteiger partial charge in [-0.05, 0) is 42.5 Å². The molecule has 1 aliphatic heterocycles. The zero-order valence-electron chi connectivity index (χ0n) is 17.8. The normalized spacial score (nSPS) is 14.4. The molecule has 10 heteroatoms. The summed E-state index contributed by atoms with van der Waals surface area (Å²) in [5.74, 6) is -1.83. The molecule has 0 bridgehead atoms. The van der Waals surface area contributed by atoms with Gasteiger partial charge in [-0.2, -0.15) is 5.26 Å². The van der Waals surface area contributed by atoms with Gasteiger partial charge in [0.15, 0.2) is 17.4 Å². The number of rotatable bonds is 4. The molecule has 0 saturated heterocycles. The molecule has 3 aromatic carbocycles. The number of allylic oxidation sites excluding steroid dienone is 1. The number of esters is 1. The molecule has 0 radical (unpaired) electrons. The molecule has 2 N–H and O–H groups in total. The van der Waals surface area contributed by atoms with Gasteiger partial charge in [0.2, 0.25) is 9.84 Å². The van der Waals surface area contributed by atoms with Gasteiger partial charge in [-0.25, -0.2) is 18.2 Å². The van der Waals surface area contributed by atoms with Gasteiger partial charge in [0, 0.05) is 11.1 Å². The van der Waals surface area contributed by atoms with Crippen molar-refractivity contribution in [3.05, 3.63) is 95.0 Å². The van der Waals surface area contributed by atoms with Crippen molar-refractivity contribution in [1.29, 1.82) is 5.26 Å². The molecule has 35 heavy (non-hydrogen) atoms. The minimum atomic E-state index is -4.03. The molecule has 0 spiro atoms. The van der Waals surface area contributed by atoms with Gasteiger partial charge >= 0.3 is 5.97 Å². The van der Waals surface area contributed by atoms with Crippen molar-refractivity contribution < 1.29 is 27.9 Å². The van der Waals surface area contributed by atoms with E-state index in [4.69, 9.17) is 4.74 Å².